The number of hydrogen-bond donors (Lipinski definition) is 0. The van der Waals surface area contributed by atoms with Crippen molar-refractivity contribution < 1.29 is 4.39 Å². The van der Waals surface area contributed by atoms with Crippen LogP contribution in [-0.4, -0.2) is 48.3 Å². The van der Waals surface area contributed by atoms with Crippen LogP contribution in [0.2, 0.25) is 0 Å². The number of thiazole rings is 1. The molecule has 0 spiro atoms. The van der Waals surface area contributed by atoms with Crippen LogP contribution in [0.1, 0.15) is 19.3 Å². The van der Waals surface area contributed by atoms with Crippen LogP contribution >= 0.6 is 11.3 Å². The zero-order valence-corrected chi connectivity index (χ0v) is 10.7. The predicted octanol–water partition coefficient (Wildman–Crippen LogP) is 2.16. The molecule has 2 aliphatic rings. The lowest BCUT2D eigenvalue weighted by Gasteiger charge is -2.38. The van der Waals surface area contributed by atoms with E-state index in [0.717, 1.165) is 50.6 Å². The Kier molecular flexibility index (Phi) is 3.29. The van der Waals surface area contributed by atoms with E-state index < -0.39 is 6.17 Å². The van der Waals surface area contributed by atoms with Gasteiger partial charge in [0.25, 0.3) is 0 Å². The van der Waals surface area contributed by atoms with Gasteiger partial charge in [-0.2, -0.15) is 0 Å². The fourth-order valence-corrected chi connectivity index (χ4v) is 3.62. The Balaban J connectivity index is 1.57. The molecule has 1 aromatic heterocycles. The Morgan fingerprint density at radius 3 is 2.65 bits per heavy atom. The quantitative estimate of drug-likeness (QED) is 0.807. The minimum absolute atomic E-state index is 0.188. The standard InChI is InChI=1S/C12H18FN3S/c13-10-2-1-3-11(10)15-5-7-16(8-6-15)12-14-4-9-17-12/h4,9-11H,1-3,5-8H2. The number of alkyl halides is 1. The summed E-state index contributed by atoms with van der Waals surface area (Å²) in [5.41, 5.74) is 0. The molecule has 3 rings (SSSR count). The summed E-state index contributed by atoms with van der Waals surface area (Å²) in [6, 6.07) is 0.188. The number of anilines is 1. The number of piperazine rings is 1. The molecule has 1 saturated carbocycles. The van der Waals surface area contributed by atoms with Gasteiger partial charge in [-0.05, 0) is 19.3 Å². The van der Waals surface area contributed by atoms with E-state index in [1.807, 2.05) is 11.6 Å². The lowest BCUT2D eigenvalue weighted by molar-refractivity contribution is 0.125. The third kappa shape index (κ3) is 2.31. The average Bonchev–Trinajstić information content (AvgIpc) is 3.00. The van der Waals surface area contributed by atoms with Crippen LogP contribution in [0.3, 0.4) is 0 Å². The molecule has 1 aromatic rings. The van der Waals surface area contributed by atoms with Crippen molar-refractivity contribution in [1.29, 1.82) is 0 Å². The minimum atomic E-state index is -0.596. The summed E-state index contributed by atoms with van der Waals surface area (Å²) >= 11 is 1.69. The van der Waals surface area contributed by atoms with Gasteiger partial charge in [0.05, 0.1) is 0 Å². The van der Waals surface area contributed by atoms with Crippen LogP contribution in [0.4, 0.5) is 9.52 Å². The van der Waals surface area contributed by atoms with E-state index in [0.29, 0.717) is 0 Å². The largest absolute Gasteiger partial charge is 0.346 e. The third-order valence-electron chi connectivity index (χ3n) is 3.87. The normalized spacial score (nSPS) is 31.0. The SMILES string of the molecule is FC1CCCC1N1CCN(c2nccs2)CC1. The smallest absolute Gasteiger partial charge is 0.185 e. The summed E-state index contributed by atoms with van der Waals surface area (Å²) in [7, 11) is 0. The first-order chi connectivity index (χ1) is 8.34. The highest BCUT2D eigenvalue weighted by molar-refractivity contribution is 7.13. The Morgan fingerprint density at radius 2 is 2.06 bits per heavy atom. The Bertz CT molecular complexity index is 349. The zero-order valence-electron chi connectivity index (χ0n) is 9.89. The van der Waals surface area contributed by atoms with Gasteiger partial charge in [-0.15, -0.1) is 11.3 Å². The number of rotatable bonds is 2. The molecule has 0 amide bonds. The predicted molar refractivity (Wildman–Crippen MR) is 68.4 cm³/mol. The molecule has 2 fully saturated rings. The maximum Gasteiger partial charge on any atom is 0.185 e. The lowest BCUT2D eigenvalue weighted by atomic mass is 10.1. The van der Waals surface area contributed by atoms with Crippen LogP contribution in [0, 0.1) is 0 Å². The molecule has 0 N–H and O–H groups in total. The van der Waals surface area contributed by atoms with Crippen LogP contribution in [0.5, 0.6) is 0 Å². The molecule has 2 heterocycles. The molecule has 0 aromatic carbocycles. The maximum atomic E-state index is 13.7. The van der Waals surface area contributed by atoms with Crippen LogP contribution < -0.4 is 4.90 Å². The average molecular weight is 255 g/mol. The van der Waals surface area contributed by atoms with E-state index in [2.05, 4.69) is 14.8 Å². The van der Waals surface area contributed by atoms with Crippen molar-refractivity contribution in [2.45, 2.75) is 31.5 Å². The van der Waals surface area contributed by atoms with Gasteiger partial charge in [-0.25, -0.2) is 9.37 Å². The minimum Gasteiger partial charge on any atom is -0.346 e. The molecule has 2 unspecified atom stereocenters. The van der Waals surface area contributed by atoms with Gasteiger partial charge in [0.1, 0.15) is 6.17 Å². The summed E-state index contributed by atoms with van der Waals surface area (Å²) < 4.78 is 13.7. The molecule has 1 aliphatic carbocycles. The lowest BCUT2D eigenvalue weighted by Crippen LogP contribution is -2.51. The second kappa shape index (κ2) is 4.90. The summed E-state index contributed by atoms with van der Waals surface area (Å²) in [6.45, 7) is 3.92. The van der Waals surface area contributed by atoms with Gasteiger partial charge in [-0.1, -0.05) is 0 Å². The van der Waals surface area contributed by atoms with E-state index in [4.69, 9.17) is 0 Å². The van der Waals surface area contributed by atoms with E-state index in [9.17, 15) is 4.39 Å². The van der Waals surface area contributed by atoms with Gasteiger partial charge >= 0.3 is 0 Å². The molecular formula is C12H18FN3S. The van der Waals surface area contributed by atoms with Crippen molar-refractivity contribution >= 4 is 16.5 Å². The number of hydrogen-bond acceptors (Lipinski definition) is 4. The molecule has 94 valence electrons. The first-order valence-corrected chi connectivity index (χ1v) is 7.25. The fourth-order valence-electron chi connectivity index (χ4n) is 2.92. The molecule has 1 saturated heterocycles. The number of nitrogens with zero attached hydrogens (tertiary/aromatic N) is 3. The van der Waals surface area contributed by atoms with Gasteiger partial charge < -0.3 is 4.90 Å². The monoisotopic (exact) mass is 255 g/mol. The Morgan fingerprint density at radius 1 is 1.24 bits per heavy atom. The van der Waals surface area contributed by atoms with Crippen molar-refractivity contribution in [3.8, 4) is 0 Å². The van der Waals surface area contributed by atoms with E-state index >= 15 is 0 Å². The molecule has 2 atom stereocenters. The van der Waals surface area contributed by atoms with Crippen molar-refractivity contribution in [3.05, 3.63) is 11.6 Å². The molecule has 3 nitrogen and oxygen atoms in total. The number of aromatic nitrogens is 1. The topological polar surface area (TPSA) is 19.4 Å². The van der Waals surface area contributed by atoms with E-state index in [1.165, 1.54) is 0 Å². The zero-order chi connectivity index (χ0) is 11.7. The second-order valence-electron chi connectivity index (χ2n) is 4.85. The number of halogens is 1. The van der Waals surface area contributed by atoms with E-state index in [1.54, 1.807) is 11.3 Å². The Hall–Kier alpha value is -0.680. The second-order valence-corrected chi connectivity index (χ2v) is 5.72. The first-order valence-electron chi connectivity index (χ1n) is 6.37. The highest BCUT2D eigenvalue weighted by Crippen LogP contribution is 2.28. The van der Waals surface area contributed by atoms with E-state index in [-0.39, 0.29) is 6.04 Å². The highest BCUT2D eigenvalue weighted by Gasteiger charge is 2.33. The summed E-state index contributed by atoms with van der Waals surface area (Å²) in [5, 5.41) is 3.11. The maximum absolute atomic E-state index is 13.7. The molecule has 17 heavy (non-hydrogen) atoms. The molecule has 0 radical (unpaired) electrons. The van der Waals surface area contributed by atoms with Gasteiger partial charge in [0, 0.05) is 43.8 Å². The van der Waals surface area contributed by atoms with Gasteiger partial charge in [0.15, 0.2) is 5.13 Å². The molecule has 1 aliphatic heterocycles. The van der Waals surface area contributed by atoms with Crippen molar-refractivity contribution in [1.82, 2.24) is 9.88 Å². The molecule has 0 bridgehead atoms. The Labute approximate surface area is 105 Å². The van der Waals surface area contributed by atoms with Crippen molar-refractivity contribution in [2.24, 2.45) is 0 Å². The summed E-state index contributed by atoms with van der Waals surface area (Å²) in [5.74, 6) is 0. The van der Waals surface area contributed by atoms with Gasteiger partial charge in [0.2, 0.25) is 0 Å². The third-order valence-corrected chi connectivity index (χ3v) is 4.70. The summed E-state index contributed by atoms with van der Waals surface area (Å²) in [4.78, 5) is 8.97. The molecule has 5 heteroatoms. The van der Waals surface area contributed by atoms with Crippen molar-refractivity contribution in [2.75, 3.05) is 31.1 Å². The van der Waals surface area contributed by atoms with Crippen LogP contribution in [-0.2, 0) is 0 Å². The van der Waals surface area contributed by atoms with Gasteiger partial charge in [-0.3, -0.25) is 4.90 Å². The first kappa shape index (κ1) is 11.4. The van der Waals surface area contributed by atoms with Crippen LogP contribution in [0.25, 0.3) is 0 Å². The fraction of sp³-hybridized carbons (Fsp3) is 0.750. The molecular weight excluding hydrogens is 237 g/mol. The van der Waals surface area contributed by atoms with Crippen LogP contribution in [0.15, 0.2) is 11.6 Å². The highest BCUT2D eigenvalue weighted by atomic mass is 32.1. The summed E-state index contributed by atoms with van der Waals surface area (Å²) in [6.07, 6.45) is 4.11. The van der Waals surface area contributed by atoms with Crippen molar-refractivity contribution in [3.63, 3.8) is 0 Å².